The lowest BCUT2D eigenvalue weighted by Crippen LogP contribution is -2.35. The van der Waals surface area contributed by atoms with Gasteiger partial charge >= 0.3 is 0 Å². The number of rotatable bonds is 3. The molecule has 1 atom stereocenters. The van der Waals surface area contributed by atoms with Gasteiger partial charge in [-0.1, -0.05) is 6.07 Å². The summed E-state index contributed by atoms with van der Waals surface area (Å²) in [7, 11) is 0. The molecule has 1 aromatic heterocycles. The Morgan fingerprint density at radius 3 is 2.94 bits per heavy atom. The Morgan fingerprint density at radius 2 is 2.38 bits per heavy atom. The number of nitriles is 1. The van der Waals surface area contributed by atoms with Gasteiger partial charge in [-0.2, -0.15) is 5.26 Å². The Balaban J connectivity index is 2.05. The van der Waals surface area contributed by atoms with Crippen LogP contribution < -0.4 is 5.32 Å². The first-order valence-corrected chi connectivity index (χ1v) is 5.35. The van der Waals surface area contributed by atoms with Crippen molar-refractivity contribution in [1.29, 1.82) is 5.26 Å². The molecule has 0 bridgehead atoms. The maximum absolute atomic E-state index is 11.8. The van der Waals surface area contributed by atoms with Crippen LogP contribution in [-0.2, 0) is 0 Å². The number of carbonyl (C=O) groups is 1. The minimum atomic E-state index is -0.366. The van der Waals surface area contributed by atoms with Gasteiger partial charge in [0.15, 0.2) is 0 Å². The lowest BCUT2D eigenvalue weighted by Gasteiger charge is -2.09. The van der Waals surface area contributed by atoms with Crippen LogP contribution in [0.2, 0.25) is 0 Å². The lowest BCUT2D eigenvalue weighted by molar-refractivity contribution is 0.0936. The third-order valence-corrected chi connectivity index (χ3v) is 2.64. The van der Waals surface area contributed by atoms with Crippen molar-refractivity contribution in [2.75, 3.05) is 0 Å². The molecule has 1 N–H and O–H groups in total. The van der Waals surface area contributed by atoms with Crippen LogP contribution in [0.5, 0.6) is 0 Å². The van der Waals surface area contributed by atoms with E-state index in [1.807, 2.05) is 13.0 Å². The number of carbonyl (C=O) groups excluding carboxylic acids is 1. The van der Waals surface area contributed by atoms with Crippen LogP contribution in [0.25, 0.3) is 0 Å². The summed E-state index contributed by atoms with van der Waals surface area (Å²) in [4.78, 5) is 15.9. The van der Waals surface area contributed by atoms with Gasteiger partial charge in [-0.05, 0) is 37.8 Å². The van der Waals surface area contributed by atoms with Crippen molar-refractivity contribution in [2.45, 2.75) is 25.8 Å². The van der Waals surface area contributed by atoms with Crippen LogP contribution in [0.3, 0.4) is 0 Å². The summed E-state index contributed by atoms with van der Waals surface area (Å²) >= 11 is 0. The number of aryl methyl sites for hydroxylation is 1. The van der Waals surface area contributed by atoms with Gasteiger partial charge in [0.1, 0.15) is 11.7 Å². The summed E-state index contributed by atoms with van der Waals surface area (Å²) < 4.78 is 0. The largest absolute Gasteiger partial charge is 0.335 e. The molecule has 1 aliphatic carbocycles. The monoisotopic (exact) mass is 215 g/mol. The SMILES string of the molecule is Cc1cccc(C(=O)NC(C#N)C2CC2)n1. The van der Waals surface area contributed by atoms with Crippen LogP contribution in [0.15, 0.2) is 18.2 Å². The molecule has 2 rings (SSSR count). The number of pyridine rings is 1. The van der Waals surface area contributed by atoms with Gasteiger partial charge in [-0.3, -0.25) is 4.79 Å². The molecule has 82 valence electrons. The van der Waals surface area contributed by atoms with E-state index in [-0.39, 0.29) is 11.9 Å². The number of hydrogen-bond donors (Lipinski definition) is 1. The molecule has 1 fully saturated rings. The summed E-state index contributed by atoms with van der Waals surface area (Å²) in [6.07, 6.45) is 2.06. The molecule has 1 aliphatic rings. The first-order chi connectivity index (χ1) is 7.70. The quantitative estimate of drug-likeness (QED) is 0.829. The molecular formula is C12H13N3O. The highest BCUT2D eigenvalue weighted by molar-refractivity contribution is 5.92. The van der Waals surface area contributed by atoms with E-state index in [0.29, 0.717) is 11.6 Å². The Kier molecular flexibility index (Phi) is 2.86. The van der Waals surface area contributed by atoms with Gasteiger partial charge < -0.3 is 5.32 Å². The van der Waals surface area contributed by atoms with E-state index in [1.165, 1.54) is 0 Å². The molecule has 0 aromatic carbocycles. The molecule has 0 spiro atoms. The topological polar surface area (TPSA) is 65.8 Å². The summed E-state index contributed by atoms with van der Waals surface area (Å²) in [5.41, 5.74) is 1.17. The molecule has 4 nitrogen and oxygen atoms in total. The van der Waals surface area contributed by atoms with Gasteiger partial charge in [-0.25, -0.2) is 4.98 Å². The van der Waals surface area contributed by atoms with E-state index < -0.39 is 0 Å². The molecule has 0 radical (unpaired) electrons. The summed E-state index contributed by atoms with van der Waals surface area (Å²) in [5, 5.41) is 11.6. The molecule has 1 unspecified atom stereocenters. The Bertz CT molecular complexity index is 446. The number of aromatic nitrogens is 1. The summed E-state index contributed by atoms with van der Waals surface area (Å²) in [5.74, 6) is 0.0703. The fourth-order valence-electron chi connectivity index (χ4n) is 1.57. The fourth-order valence-corrected chi connectivity index (χ4v) is 1.57. The van der Waals surface area contributed by atoms with Crippen LogP contribution in [0, 0.1) is 24.2 Å². The van der Waals surface area contributed by atoms with Gasteiger partial charge in [0.2, 0.25) is 0 Å². The number of nitrogens with zero attached hydrogens (tertiary/aromatic N) is 2. The molecule has 1 heterocycles. The third-order valence-electron chi connectivity index (χ3n) is 2.64. The highest BCUT2D eigenvalue weighted by Crippen LogP contribution is 2.32. The smallest absolute Gasteiger partial charge is 0.270 e. The van der Waals surface area contributed by atoms with E-state index in [9.17, 15) is 4.79 Å². The highest BCUT2D eigenvalue weighted by Gasteiger charge is 2.32. The lowest BCUT2D eigenvalue weighted by atomic mass is 10.2. The van der Waals surface area contributed by atoms with Gasteiger partial charge in [-0.15, -0.1) is 0 Å². The van der Waals surface area contributed by atoms with Crippen LogP contribution in [0.4, 0.5) is 0 Å². The van der Waals surface area contributed by atoms with Crippen molar-refractivity contribution in [1.82, 2.24) is 10.3 Å². The van der Waals surface area contributed by atoms with E-state index >= 15 is 0 Å². The Morgan fingerprint density at radius 1 is 1.62 bits per heavy atom. The average Bonchev–Trinajstić information content (AvgIpc) is 3.09. The van der Waals surface area contributed by atoms with Crippen molar-refractivity contribution in [2.24, 2.45) is 5.92 Å². The molecule has 1 aromatic rings. The van der Waals surface area contributed by atoms with Crippen LogP contribution >= 0.6 is 0 Å². The van der Waals surface area contributed by atoms with E-state index in [1.54, 1.807) is 12.1 Å². The van der Waals surface area contributed by atoms with E-state index in [4.69, 9.17) is 5.26 Å². The predicted octanol–water partition coefficient (Wildman–Crippen LogP) is 1.42. The molecule has 1 saturated carbocycles. The molecule has 1 amide bonds. The maximum Gasteiger partial charge on any atom is 0.270 e. The van der Waals surface area contributed by atoms with Crippen molar-refractivity contribution < 1.29 is 4.79 Å². The zero-order chi connectivity index (χ0) is 11.5. The number of amides is 1. The van der Waals surface area contributed by atoms with Gasteiger partial charge in [0.05, 0.1) is 6.07 Å². The Hall–Kier alpha value is -1.89. The second-order valence-electron chi connectivity index (χ2n) is 4.08. The normalized spacial score (nSPS) is 16.2. The Labute approximate surface area is 94.3 Å². The molecule has 4 heteroatoms. The van der Waals surface area contributed by atoms with Crippen molar-refractivity contribution in [3.05, 3.63) is 29.6 Å². The fraction of sp³-hybridized carbons (Fsp3) is 0.417. The number of nitrogens with one attached hydrogen (secondary N) is 1. The average molecular weight is 215 g/mol. The van der Waals surface area contributed by atoms with E-state index in [0.717, 1.165) is 18.5 Å². The first kappa shape index (κ1) is 10.6. The zero-order valence-corrected chi connectivity index (χ0v) is 9.10. The molecule has 0 saturated heterocycles. The zero-order valence-electron chi connectivity index (χ0n) is 9.10. The van der Waals surface area contributed by atoms with Gasteiger partial charge in [0.25, 0.3) is 5.91 Å². The van der Waals surface area contributed by atoms with Crippen molar-refractivity contribution >= 4 is 5.91 Å². The maximum atomic E-state index is 11.8. The van der Waals surface area contributed by atoms with E-state index in [2.05, 4.69) is 16.4 Å². The highest BCUT2D eigenvalue weighted by atomic mass is 16.1. The standard InChI is InChI=1S/C12H13N3O/c1-8-3-2-4-10(14-8)12(16)15-11(7-13)9-5-6-9/h2-4,9,11H,5-6H2,1H3,(H,15,16). The minimum absolute atomic E-state index is 0.262. The number of hydrogen-bond acceptors (Lipinski definition) is 3. The van der Waals surface area contributed by atoms with Crippen LogP contribution in [0.1, 0.15) is 29.0 Å². The molecular weight excluding hydrogens is 202 g/mol. The third kappa shape index (κ3) is 2.37. The second kappa shape index (κ2) is 4.31. The predicted molar refractivity (Wildman–Crippen MR) is 58.6 cm³/mol. The van der Waals surface area contributed by atoms with Crippen molar-refractivity contribution in [3.63, 3.8) is 0 Å². The first-order valence-electron chi connectivity index (χ1n) is 5.35. The minimum Gasteiger partial charge on any atom is -0.335 e. The van der Waals surface area contributed by atoms with Gasteiger partial charge in [0, 0.05) is 5.69 Å². The summed E-state index contributed by atoms with van der Waals surface area (Å²) in [6.45, 7) is 1.83. The molecule has 16 heavy (non-hydrogen) atoms. The van der Waals surface area contributed by atoms with Crippen LogP contribution in [-0.4, -0.2) is 16.9 Å². The summed E-state index contributed by atoms with van der Waals surface area (Å²) in [6, 6.07) is 7.03. The van der Waals surface area contributed by atoms with Crippen molar-refractivity contribution in [3.8, 4) is 6.07 Å². The second-order valence-corrected chi connectivity index (χ2v) is 4.08. The molecule has 0 aliphatic heterocycles.